The molecule has 3 nitrogen and oxygen atoms in total. The molecule has 1 atom stereocenters. The van der Waals surface area contributed by atoms with Crippen LogP contribution in [0.1, 0.15) is 16.8 Å². The molecule has 2 aliphatic heterocycles. The van der Waals surface area contributed by atoms with E-state index in [4.69, 9.17) is 4.74 Å². The summed E-state index contributed by atoms with van der Waals surface area (Å²) in [6, 6.07) is 6.24. The van der Waals surface area contributed by atoms with Crippen LogP contribution in [0.5, 0.6) is 5.75 Å². The van der Waals surface area contributed by atoms with Crippen molar-refractivity contribution in [3.8, 4) is 5.75 Å². The van der Waals surface area contributed by atoms with Gasteiger partial charge in [0, 0.05) is 6.42 Å². The number of rotatable bonds is 0. The largest absolute Gasteiger partial charge is 0.491 e. The predicted octanol–water partition coefficient (Wildman–Crippen LogP) is 1.93. The summed E-state index contributed by atoms with van der Waals surface area (Å²) in [6.45, 7) is -0.369. The molecule has 0 radical (unpaired) electrons. The van der Waals surface area contributed by atoms with Crippen molar-refractivity contribution in [2.45, 2.75) is 18.4 Å². The molecule has 17 heavy (non-hydrogen) atoms. The SMILES string of the molecule is O=C1c2ccccc2OCC2CC(F)(F)CN12. The Labute approximate surface area is 97.0 Å². The molecule has 2 aliphatic rings. The summed E-state index contributed by atoms with van der Waals surface area (Å²) >= 11 is 0. The molecular formula is C12H11F2NO2. The smallest absolute Gasteiger partial charge is 0.267 e. The van der Waals surface area contributed by atoms with E-state index in [1.54, 1.807) is 24.3 Å². The first kappa shape index (κ1) is 10.5. The van der Waals surface area contributed by atoms with Gasteiger partial charge in [-0.3, -0.25) is 4.79 Å². The average molecular weight is 239 g/mol. The molecule has 90 valence electrons. The van der Waals surface area contributed by atoms with Gasteiger partial charge in [-0.1, -0.05) is 12.1 Å². The van der Waals surface area contributed by atoms with Gasteiger partial charge in [-0.25, -0.2) is 8.78 Å². The molecule has 0 N–H and O–H groups in total. The Morgan fingerprint density at radius 1 is 1.35 bits per heavy atom. The van der Waals surface area contributed by atoms with Crippen LogP contribution in [0.3, 0.4) is 0 Å². The second kappa shape index (κ2) is 3.42. The third-order valence-electron chi connectivity index (χ3n) is 3.19. The lowest BCUT2D eigenvalue weighted by atomic mass is 10.2. The number of amides is 1. The summed E-state index contributed by atoms with van der Waals surface area (Å²) in [5.74, 6) is -2.67. The lowest BCUT2D eigenvalue weighted by molar-refractivity contribution is 0.0113. The normalized spacial score (nSPS) is 25.9. The Kier molecular flexibility index (Phi) is 2.11. The molecule has 1 saturated heterocycles. The van der Waals surface area contributed by atoms with Crippen molar-refractivity contribution in [1.29, 1.82) is 0 Å². The minimum absolute atomic E-state index is 0.137. The molecule has 0 aliphatic carbocycles. The molecule has 1 fully saturated rings. The Balaban J connectivity index is 1.99. The van der Waals surface area contributed by atoms with Gasteiger partial charge in [0.2, 0.25) is 0 Å². The van der Waals surface area contributed by atoms with Gasteiger partial charge >= 0.3 is 0 Å². The van der Waals surface area contributed by atoms with Crippen LogP contribution in [0.25, 0.3) is 0 Å². The predicted molar refractivity (Wildman–Crippen MR) is 56.3 cm³/mol. The molecule has 1 unspecified atom stereocenters. The van der Waals surface area contributed by atoms with Crippen molar-refractivity contribution < 1.29 is 18.3 Å². The molecule has 1 aromatic carbocycles. The van der Waals surface area contributed by atoms with Crippen LogP contribution < -0.4 is 4.74 Å². The molecule has 0 spiro atoms. The molecule has 1 aromatic rings. The number of nitrogens with zero attached hydrogens (tertiary/aromatic N) is 1. The van der Waals surface area contributed by atoms with Gasteiger partial charge in [-0.2, -0.15) is 0 Å². The highest BCUT2D eigenvalue weighted by Crippen LogP contribution is 2.36. The minimum atomic E-state index is -2.80. The zero-order chi connectivity index (χ0) is 12.0. The summed E-state index contributed by atoms with van der Waals surface area (Å²) in [4.78, 5) is 13.3. The van der Waals surface area contributed by atoms with Crippen LogP contribution in [-0.4, -0.2) is 35.9 Å². The number of ether oxygens (including phenoxy) is 1. The van der Waals surface area contributed by atoms with E-state index in [1.165, 1.54) is 4.90 Å². The van der Waals surface area contributed by atoms with E-state index in [2.05, 4.69) is 0 Å². The number of alkyl halides is 2. The lowest BCUT2D eigenvalue weighted by Crippen LogP contribution is -2.37. The molecule has 0 saturated carbocycles. The van der Waals surface area contributed by atoms with E-state index in [-0.39, 0.29) is 18.9 Å². The molecule has 1 amide bonds. The van der Waals surface area contributed by atoms with E-state index in [1.807, 2.05) is 0 Å². The van der Waals surface area contributed by atoms with E-state index in [9.17, 15) is 13.6 Å². The molecule has 0 bridgehead atoms. The Hall–Kier alpha value is -1.65. The third-order valence-corrected chi connectivity index (χ3v) is 3.19. The number of benzene rings is 1. The Morgan fingerprint density at radius 2 is 2.12 bits per heavy atom. The summed E-state index contributed by atoms with van der Waals surface area (Å²) in [6.07, 6.45) is -0.313. The third kappa shape index (κ3) is 1.66. The maximum absolute atomic E-state index is 13.3. The monoisotopic (exact) mass is 239 g/mol. The van der Waals surface area contributed by atoms with Gasteiger partial charge in [0.15, 0.2) is 0 Å². The Bertz CT molecular complexity index is 475. The first-order chi connectivity index (χ1) is 8.07. The second-order valence-corrected chi connectivity index (χ2v) is 4.45. The fourth-order valence-corrected chi connectivity index (χ4v) is 2.39. The van der Waals surface area contributed by atoms with Crippen molar-refractivity contribution in [2.24, 2.45) is 0 Å². The summed E-state index contributed by atoms with van der Waals surface area (Å²) in [7, 11) is 0. The van der Waals surface area contributed by atoms with Crippen LogP contribution in [0.2, 0.25) is 0 Å². The van der Waals surface area contributed by atoms with Crippen molar-refractivity contribution in [3.63, 3.8) is 0 Å². The quantitative estimate of drug-likeness (QED) is 0.692. The van der Waals surface area contributed by atoms with Crippen molar-refractivity contribution in [2.75, 3.05) is 13.2 Å². The average Bonchev–Trinajstić information content (AvgIpc) is 2.55. The molecular weight excluding hydrogens is 228 g/mol. The van der Waals surface area contributed by atoms with Crippen molar-refractivity contribution in [1.82, 2.24) is 4.90 Å². The van der Waals surface area contributed by atoms with Gasteiger partial charge in [0.25, 0.3) is 11.8 Å². The second-order valence-electron chi connectivity index (χ2n) is 4.45. The number of halogens is 2. The fourth-order valence-electron chi connectivity index (χ4n) is 2.39. The lowest BCUT2D eigenvalue weighted by Gasteiger charge is -2.19. The standard InChI is InChI=1S/C12H11F2NO2/c13-12(14)5-8-6-17-10-4-2-1-3-9(10)11(16)15(8)7-12/h1-4,8H,5-7H2. The maximum atomic E-state index is 13.3. The molecule has 0 aromatic heterocycles. The fraction of sp³-hybridized carbons (Fsp3) is 0.417. The topological polar surface area (TPSA) is 29.5 Å². The molecule has 3 rings (SSSR count). The maximum Gasteiger partial charge on any atom is 0.267 e. The van der Waals surface area contributed by atoms with Gasteiger partial charge < -0.3 is 9.64 Å². The van der Waals surface area contributed by atoms with Crippen LogP contribution in [-0.2, 0) is 0 Å². The molecule has 2 heterocycles. The van der Waals surface area contributed by atoms with Crippen molar-refractivity contribution >= 4 is 5.91 Å². The number of hydrogen-bond acceptors (Lipinski definition) is 2. The van der Waals surface area contributed by atoms with Crippen LogP contribution in [0.15, 0.2) is 24.3 Å². The zero-order valence-corrected chi connectivity index (χ0v) is 9.03. The van der Waals surface area contributed by atoms with Crippen LogP contribution >= 0.6 is 0 Å². The Morgan fingerprint density at radius 3 is 2.94 bits per heavy atom. The van der Waals surface area contributed by atoms with Gasteiger partial charge in [-0.05, 0) is 12.1 Å². The van der Waals surface area contributed by atoms with E-state index in [0.717, 1.165) is 0 Å². The first-order valence-electron chi connectivity index (χ1n) is 5.47. The summed E-state index contributed by atoms with van der Waals surface area (Å²) in [5.41, 5.74) is 0.368. The number of para-hydroxylation sites is 1. The van der Waals surface area contributed by atoms with Gasteiger partial charge in [0.1, 0.15) is 12.4 Å². The highest BCUT2D eigenvalue weighted by Gasteiger charge is 2.48. The summed E-state index contributed by atoms with van der Waals surface area (Å²) < 4.78 is 32.0. The van der Waals surface area contributed by atoms with Crippen LogP contribution in [0, 0.1) is 0 Å². The van der Waals surface area contributed by atoms with E-state index in [0.29, 0.717) is 11.3 Å². The van der Waals surface area contributed by atoms with E-state index < -0.39 is 18.5 Å². The minimum Gasteiger partial charge on any atom is -0.491 e. The van der Waals surface area contributed by atoms with E-state index >= 15 is 0 Å². The van der Waals surface area contributed by atoms with Gasteiger partial charge in [-0.15, -0.1) is 0 Å². The number of carbonyl (C=O) groups is 1. The number of hydrogen-bond donors (Lipinski definition) is 0. The van der Waals surface area contributed by atoms with Crippen LogP contribution in [0.4, 0.5) is 8.78 Å². The molecule has 5 heteroatoms. The highest BCUT2D eigenvalue weighted by molar-refractivity contribution is 5.97. The number of fused-ring (bicyclic) bond motifs is 2. The summed E-state index contributed by atoms with van der Waals surface area (Å²) in [5, 5.41) is 0. The zero-order valence-electron chi connectivity index (χ0n) is 9.03. The van der Waals surface area contributed by atoms with Gasteiger partial charge in [0.05, 0.1) is 18.2 Å². The highest BCUT2D eigenvalue weighted by atomic mass is 19.3. The number of carbonyl (C=O) groups excluding carboxylic acids is 1. The first-order valence-corrected chi connectivity index (χ1v) is 5.47. The van der Waals surface area contributed by atoms with Crippen molar-refractivity contribution in [3.05, 3.63) is 29.8 Å².